The molecule has 1 aromatic carbocycles. The number of amides is 2. The Kier molecular flexibility index (Phi) is 8.06. The van der Waals surface area contributed by atoms with E-state index < -0.39 is 24.2 Å². The number of rotatable bonds is 5. The molecule has 2 aliphatic rings. The summed E-state index contributed by atoms with van der Waals surface area (Å²) in [6.45, 7) is 3.02. The van der Waals surface area contributed by atoms with Crippen molar-refractivity contribution in [3.63, 3.8) is 0 Å². The van der Waals surface area contributed by atoms with Crippen molar-refractivity contribution in [1.82, 2.24) is 9.80 Å². The SMILES string of the molecule is Cc1c(N2CCN(C(=O)C(F)(F)F)CC2)cc(Br)cc1N(CCN1CCCC1)C(=O)C(F)(F)F. The molecule has 2 fully saturated rings. The van der Waals surface area contributed by atoms with Crippen molar-refractivity contribution in [3.8, 4) is 0 Å². The highest BCUT2D eigenvalue weighted by molar-refractivity contribution is 9.10. The molecule has 0 spiro atoms. The first kappa shape index (κ1) is 26.6. The van der Waals surface area contributed by atoms with Gasteiger partial charge in [-0.05, 0) is 50.6 Å². The third kappa shape index (κ3) is 6.15. The van der Waals surface area contributed by atoms with E-state index in [9.17, 15) is 35.9 Å². The van der Waals surface area contributed by atoms with E-state index in [-0.39, 0.29) is 38.4 Å². The summed E-state index contributed by atoms with van der Waals surface area (Å²) in [5, 5.41) is 0. The first-order valence-corrected chi connectivity index (χ1v) is 11.6. The molecule has 0 bridgehead atoms. The fourth-order valence-corrected chi connectivity index (χ4v) is 4.75. The summed E-state index contributed by atoms with van der Waals surface area (Å²) in [5.74, 6) is -3.89. The van der Waals surface area contributed by atoms with Crippen LogP contribution < -0.4 is 9.80 Å². The van der Waals surface area contributed by atoms with E-state index in [0.29, 0.717) is 27.2 Å². The van der Waals surface area contributed by atoms with Crippen molar-refractivity contribution >= 4 is 39.1 Å². The molecule has 3 rings (SSSR count). The number of alkyl halides is 6. The molecular weight excluding hydrogens is 534 g/mol. The molecule has 0 saturated carbocycles. The van der Waals surface area contributed by atoms with Crippen LogP contribution in [0.15, 0.2) is 16.6 Å². The minimum absolute atomic E-state index is 0.0690. The Morgan fingerprint density at radius 3 is 2.06 bits per heavy atom. The van der Waals surface area contributed by atoms with Crippen LogP contribution in [0.2, 0.25) is 0 Å². The smallest absolute Gasteiger partial charge is 0.368 e. The fourth-order valence-electron chi connectivity index (χ4n) is 4.32. The first-order chi connectivity index (χ1) is 15.8. The van der Waals surface area contributed by atoms with Crippen LogP contribution in [0.4, 0.5) is 37.7 Å². The maximum Gasteiger partial charge on any atom is 0.471 e. The van der Waals surface area contributed by atoms with Crippen molar-refractivity contribution in [2.45, 2.75) is 32.1 Å². The predicted molar refractivity (Wildman–Crippen MR) is 118 cm³/mol. The molecule has 0 unspecified atom stereocenters. The van der Waals surface area contributed by atoms with Gasteiger partial charge in [-0.2, -0.15) is 26.3 Å². The Morgan fingerprint density at radius 2 is 1.53 bits per heavy atom. The largest absolute Gasteiger partial charge is 0.471 e. The minimum Gasteiger partial charge on any atom is -0.368 e. The molecule has 2 heterocycles. The molecule has 0 atom stereocenters. The molecule has 0 aliphatic carbocycles. The number of nitrogens with zero attached hydrogens (tertiary/aromatic N) is 4. The van der Waals surface area contributed by atoms with Gasteiger partial charge in [0, 0.05) is 49.4 Å². The highest BCUT2D eigenvalue weighted by Crippen LogP contribution is 2.36. The fraction of sp³-hybridized carbons (Fsp3) is 0.619. The van der Waals surface area contributed by atoms with Crippen molar-refractivity contribution in [1.29, 1.82) is 0 Å². The normalized spacial score (nSPS) is 17.9. The predicted octanol–water partition coefficient (Wildman–Crippen LogP) is 3.96. The van der Waals surface area contributed by atoms with Gasteiger partial charge < -0.3 is 19.6 Å². The third-order valence-corrected chi connectivity index (χ3v) is 6.54. The summed E-state index contributed by atoms with van der Waals surface area (Å²) in [7, 11) is 0. The number of hydrogen-bond acceptors (Lipinski definition) is 4. The molecule has 34 heavy (non-hydrogen) atoms. The number of piperazine rings is 1. The van der Waals surface area contributed by atoms with E-state index in [1.54, 1.807) is 17.9 Å². The van der Waals surface area contributed by atoms with Gasteiger partial charge in [0.05, 0.1) is 5.69 Å². The van der Waals surface area contributed by atoms with Crippen LogP contribution in [-0.2, 0) is 9.59 Å². The summed E-state index contributed by atoms with van der Waals surface area (Å²) in [4.78, 5) is 29.0. The summed E-state index contributed by atoms with van der Waals surface area (Å²) in [5.41, 5.74) is 0.974. The van der Waals surface area contributed by atoms with Crippen LogP contribution in [0.3, 0.4) is 0 Å². The first-order valence-electron chi connectivity index (χ1n) is 10.8. The van der Waals surface area contributed by atoms with Crippen molar-refractivity contribution in [3.05, 3.63) is 22.2 Å². The average molecular weight is 559 g/mol. The van der Waals surface area contributed by atoms with Crippen molar-refractivity contribution < 1.29 is 35.9 Å². The van der Waals surface area contributed by atoms with Crippen LogP contribution in [0, 0.1) is 6.92 Å². The van der Waals surface area contributed by atoms with E-state index in [1.165, 1.54) is 6.07 Å². The summed E-state index contributed by atoms with van der Waals surface area (Å²) in [6.07, 6.45) is -8.12. The van der Waals surface area contributed by atoms with Crippen LogP contribution in [0.25, 0.3) is 0 Å². The monoisotopic (exact) mass is 558 g/mol. The Morgan fingerprint density at radius 1 is 0.941 bits per heavy atom. The summed E-state index contributed by atoms with van der Waals surface area (Å²) < 4.78 is 78.9. The molecular formula is C21H25BrF6N4O2. The lowest BCUT2D eigenvalue weighted by Crippen LogP contribution is -2.52. The summed E-state index contributed by atoms with van der Waals surface area (Å²) >= 11 is 3.29. The molecule has 190 valence electrons. The van der Waals surface area contributed by atoms with Crippen LogP contribution in [0.1, 0.15) is 18.4 Å². The van der Waals surface area contributed by atoms with Crippen LogP contribution in [-0.4, -0.2) is 86.3 Å². The average Bonchev–Trinajstić information content (AvgIpc) is 3.27. The van der Waals surface area contributed by atoms with Gasteiger partial charge in [-0.3, -0.25) is 9.59 Å². The molecule has 0 aromatic heterocycles. The Labute approximate surface area is 201 Å². The topological polar surface area (TPSA) is 47.1 Å². The Balaban J connectivity index is 1.85. The molecule has 13 heteroatoms. The van der Waals surface area contributed by atoms with Crippen molar-refractivity contribution in [2.24, 2.45) is 0 Å². The second-order valence-electron chi connectivity index (χ2n) is 8.35. The molecule has 2 amide bonds. The van der Waals surface area contributed by atoms with Crippen molar-refractivity contribution in [2.75, 3.05) is 62.2 Å². The Hall–Kier alpha value is -2.02. The van der Waals surface area contributed by atoms with Gasteiger partial charge in [0.15, 0.2) is 0 Å². The third-order valence-electron chi connectivity index (χ3n) is 6.08. The molecule has 2 aliphatic heterocycles. The maximum absolute atomic E-state index is 13.4. The second-order valence-corrected chi connectivity index (χ2v) is 9.27. The number of halogens is 7. The standard InChI is InChI=1S/C21H25BrF6N4O2/c1-14-16(30-7-9-31(10-8-30)18(33)20(23,24)25)12-15(22)13-17(14)32(19(34)21(26,27)28)11-6-29-4-2-3-5-29/h12-13H,2-11H2,1H3. The molecule has 6 nitrogen and oxygen atoms in total. The zero-order valence-electron chi connectivity index (χ0n) is 18.5. The number of carbonyl (C=O) groups is 2. The quantitative estimate of drug-likeness (QED) is 0.513. The molecule has 0 radical (unpaired) electrons. The van der Waals surface area contributed by atoms with E-state index >= 15 is 0 Å². The van der Waals surface area contributed by atoms with Gasteiger partial charge in [-0.15, -0.1) is 0 Å². The van der Waals surface area contributed by atoms with E-state index in [1.807, 2.05) is 4.90 Å². The molecule has 2 saturated heterocycles. The second kappa shape index (κ2) is 10.3. The number of hydrogen-bond donors (Lipinski definition) is 0. The number of benzene rings is 1. The van der Waals surface area contributed by atoms with E-state index in [2.05, 4.69) is 15.9 Å². The lowest BCUT2D eigenvalue weighted by atomic mass is 10.1. The molecule has 1 aromatic rings. The van der Waals surface area contributed by atoms with Gasteiger partial charge >= 0.3 is 24.2 Å². The van der Waals surface area contributed by atoms with Gasteiger partial charge in [0.1, 0.15) is 0 Å². The van der Waals surface area contributed by atoms with E-state index in [4.69, 9.17) is 0 Å². The molecule has 0 N–H and O–H groups in total. The zero-order valence-corrected chi connectivity index (χ0v) is 20.1. The minimum atomic E-state index is -5.07. The van der Waals surface area contributed by atoms with Crippen LogP contribution in [0.5, 0.6) is 0 Å². The van der Waals surface area contributed by atoms with Gasteiger partial charge in [0.2, 0.25) is 0 Å². The van der Waals surface area contributed by atoms with Gasteiger partial charge in [-0.1, -0.05) is 15.9 Å². The van der Waals surface area contributed by atoms with E-state index in [0.717, 1.165) is 30.8 Å². The highest BCUT2D eigenvalue weighted by atomic mass is 79.9. The number of likely N-dealkylation sites (tertiary alicyclic amines) is 1. The Bertz CT molecular complexity index is 910. The van der Waals surface area contributed by atoms with Gasteiger partial charge in [0.25, 0.3) is 0 Å². The van der Waals surface area contributed by atoms with Crippen LogP contribution >= 0.6 is 15.9 Å². The summed E-state index contributed by atoms with van der Waals surface area (Å²) in [6, 6.07) is 3.09. The maximum atomic E-state index is 13.4. The van der Waals surface area contributed by atoms with Gasteiger partial charge in [-0.25, -0.2) is 0 Å². The highest BCUT2D eigenvalue weighted by Gasteiger charge is 2.45. The lowest BCUT2D eigenvalue weighted by Gasteiger charge is -2.38. The lowest BCUT2D eigenvalue weighted by molar-refractivity contribution is -0.185. The number of carbonyl (C=O) groups excluding carboxylic acids is 2. The zero-order chi connectivity index (χ0) is 25.3. The number of anilines is 2.